The number of thiophene rings is 1. The van der Waals surface area contributed by atoms with E-state index in [-0.39, 0.29) is 11.3 Å². The van der Waals surface area contributed by atoms with E-state index in [1.54, 1.807) is 11.3 Å². The van der Waals surface area contributed by atoms with Gasteiger partial charge in [-0.25, -0.2) is 0 Å². The van der Waals surface area contributed by atoms with Crippen molar-refractivity contribution in [3.05, 3.63) is 22.4 Å². The predicted octanol–water partition coefficient (Wildman–Crippen LogP) is 2.16. The van der Waals surface area contributed by atoms with Crippen molar-refractivity contribution in [2.75, 3.05) is 40.4 Å². The fourth-order valence-corrected chi connectivity index (χ4v) is 3.64. The molecule has 0 unspecified atom stereocenters. The molecule has 118 valence electrons. The average molecular weight is 310 g/mol. The van der Waals surface area contributed by atoms with Crippen molar-refractivity contribution in [1.82, 2.24) is 10.2 Å². The third kappa shape index (κ3) is 5.41. The molecule has 1 fully saturated rings. The van der Waals surface area contributed by atoms with Crippen molar-refractivity contribution in [2.45, 2.75) is 25.7 Å². The first kappa shape index (κ1) is 16.5. The fourth-order valence-electron chi connectivity index (χ4n) is 2.93. The lowest BCUT2D eigenvalue weighted by Gasteiger charge is -2.39. The minimum absolute atomic E-state index is 0.160. The van der Waals surface area contributed by atoms with E-state index in [1.165, 1.54) is 4.88 Å². The van der Waals surface area contributed by atoms with Crippen LogP contribution >= 0.6 is 11.3 Å². The lowest BCUT2D eigenvalue weighted by molar-refractivity contribution is -0.122. The molecular weight excluding hydrogens is 284 g/mol. The second-order valence-corrected chi connectivity index (χ2v) is 7.24. The zero-order valence-corrected chi connectivity index (χ0v) is 13.9. The average Bonchev–Trinajstić information content (AvgIpc) is 2.96. The Hall–Kier alpha value is -0.910. The van der Waals surface area contributed by atoms with Gasteiger partial charge in [0.05, 0.1) is 0 Å². The molecule has 0 aromatic carbocycles. The molecule has 1 aromatic rings. The van der Waals surface area contributed by atoms with E-state index in [2.05, 4.69) is 35.8 Å². The second-order valence-electron chi connectivity index (χ2n) is 6.21. The van der Waals surface area contributed by atoms with Gasteiger partial charge in [-0.3, -0.25) is 4.79 Å². The molecule has 21 heavy (non-hydrogen) atoms. The Balaban J connectivity index is 1.79. The summed E-state index contributed by atoms with van der Waals surface area (Å²) >= 11 is 1.72. The van der Waals surface area contributed by atoms with Gasteiger partial charge in [0, 0.05) is 43.0 Å². The molecule has 4 nitrogen and oxygen atoms in total. The summed E-state index contributed by atoms with van der Waals surface area (Å²) in [5.74, 6) is 0.160. The normalized spacial score (nSPS) is 17.9. The predicted molar refractivity (Wildman–Crippen MR) is 86.7 cm³/mol. The van der Waals surface area contributed by atoms with Crippen molar-refractivity contribution >= 4 is 17.2 Å². The minimum Gasteiger partial charge on any atom is -0.381 e. The van der Waals surface area contributed by atoms with Crippen LogP contribution in [-0.4, -0.2) is 51.2 Å². The number of rotatable bonds is 7. The smallest absolute Gasteiger partial charge is 0.220 e. The van der Waals surface area contributed by atoms with E-state index in [1.807, 2.05) is 6.07 Å². The summed E-state index contributed by atoms with van der Waals surface area (Å²) in [5, 5.41) is 5.20. The Kier molecular flexibility index (Phi) is 6.21. The van der Waals surface area contributed by atoms with E-state index in [0.29, 0.717) is 6.42 Å². The highest BCUT2D eigenvalue weighted by Gasteiger charge is 2.33. The molecule has 0 radical (unpaired) electrons. The summed E-state index contributed by atoms with van der Waals surface area (Å²) < 4.78 is 5.48. The van der Waals surface area contributed by atoms with Crippen LogP contribution < -0.4 is 5.32 Å². The van der Waals surface area contributed by atoms with E-state index >= 15 is 0 Å². The van der Waals surface area contributed by atoms with Crippen LogP contribution in [0, 0.1) is 5.41 Å². The first-order valence-electron chi connectivity index (χ1n) is 7.61. The molecule has 5 heteroatoms. The number of nitrogens with zero attached hydrogens (tertiary/aromatic N) is 1. The van der Waals surface area contributed by atoms with Crippen molar-refractivity contribution in [3.63, 3.8) is 0 Å². The second kappa shape index (κ2) is 7.92. The van der Waals surface area contributed by atoms with Gasteiger partial charge < -0.3 is 15.0 Å². The highest BCUT2D eigenvalue weighted by atomic mass is 32.1. The van der Waals surface area contributed by atoms with Gasteiger partial charge in [-0.05, 0) is 44.8 Å². The van der Waals surface area contributed by atoms with Crippen molar-refractivity contribution in [1.29, 1.82) is 0 Å². The Morgan fingerprint density at radius 2 is 2.19 bits per heavy atom. The first-order chi connectivity index (χ1) is 10.1. The molecule has 0 saturated carbocycles. The van der Waals surface area contributed by atoms with Gasteiger partial charge in [0.1, 0.15) is 0 Å². The maximum Gasteiger partial charge on any atom is 0.220 e. The lowest BCUT2D eigenvalue weighted by Crippen LogP contribution is -2.47. The maximum atomic E-state index is 12.1. The molecule has 1 amide bonds. The quantitative estimate of drug-likeness (QED) is 0.839. The fraction of sp³-hybridized carbons (Fsp3) is 0.688. The molecule has 0 bridgehead atoms. The van der Waals surface area contributed by atoms with Crippen molar-refractivity contribution < 1.29 is 9.53 Å². The molecule has 0 spiro atoms. The van der Waals surface area contributed by atoms with Gasteiger partial charge in [0.2, 0.25) is 5.91 Å². The number of hydrogen-bond acceptors (Lipinski definition) is 4. The Bertz CT molecular complexity index is 425. The number of amides is 1. The zero-order valence-electron chi connectivity index (χ0n) is 13.1. The van der Waals surface area contributed by atoms with Crippen LogP contribution in [0.4, 0.5) is 0 Å². The Morgan fingerprint density at radius 3 is 2.81 bits per heavy atom. The molecule has 2 rings (SSSR count). The van der Waals surface area contributed by atoms with E-state index < -0.39 is 0 Å². The topological polar surface area (TPSA) is 41.6 Å². The standard InChI is InChI=1S/C16H26N2O2S/c1-18(2)13-16(7-9-20-10-8-16)12-17-15(19)6-5-14-4-3-11-21-14/h3-4,11H,5-10,12-13H2,1-2H3,(H,17,19). The van der Waals surface area contributed by atoms with Crippen molar-refractivity contribution in [3.8, 4) is 0 Å². The van der Waals surface area contributed by atoms with Crippen LogP contribution in [0.5, 0.6) is 0 Å². The summed E-state index contributed by atoms with van der Waals surface area (Å²) in [6.45, 7) is 3.37. The van der Waals surface area contributed by atoms with Gasteiger partial charge in [0.25, 0.3) is 0 Å². The number of ether oxygens (including phenoxy) is 1. The SMILES string of the molecule is CN(C)CC1(CNC(=O)CCc2cccs2)CCOCC1. The summed E-state index contributed by atoms with van der Waals surface area (Å²) in [6.07, 6.45) is 3.47. The van der Waals surface area contributed by atoms with Crippen LogP contribution in [0.1, 0.15) is 24.1 Å². The number of hydrogen-bond donors (Lipinski definition) is 1. The molecule has 0 aliphatic carbocycles. The molecule has 0 atom stereocenters. The van der Waals surface area contributed by atoms with E-state index in [9.17, 15) is 4.79 Å². The first-order valence-corrected chi connectivity index (χ1v) is 8.49. The number of carbonyl (C=O) groups excluding carboxylic acids is 1. The Morgan fingerprint density at radius 1 is 1.43 bits per heavy atom. The third-order valence-electron chi connectivity index (χ3n) is 4.04. The maximum absolute atomic E-state index is 12.1. The number of aryl methyl sites for hydroxylation is 1. The molecule has 1 aromatic heterocycles. The van der Waals surface area contributed by atoms with Gasteiger partial charge in [0.15, 0.2) is 0 Å². The van der Waals surface area contributed by atoms with Crippen LogP contribution in [0.2, 0.25) is 0 Å². The molecule has 1 aliphatic heterocycles. The van der Waals surface area contributed by atoms with Crippen LogP contribution in [-0.2, 0) is 16.0 Å². The minimum atomic E-state index is 0.160. The van der Waals surface area contributed by atoms with Crippen LogP contribution in [0.25, 0.3) is 0 Å². The molecular formula is C16H26N2O2S. The molecule has 2 heterocycles. The molecule has 1 N–H and O–H groups in total. The summed E-state index contributed by atoms with van der Waals surface area (Å²) in [4.78, 5) is 15.5. The van der Waals surface area contributed by atoms with Gasteiger partial charge in [-0.2, -0.15) is 0 Å². The largest absolute Gasteiger partial charge is 0.381 e. The third-order valence-corrected chi connectivity index (χ3v) is 4.98. The Labute approximate surface area is 131 Å². The highest BCUT2D eigenvalue weighted by Crippen LogP contribution is 2.30. The van der Waals surface area contributed by atoms with E-state index in [4.69, 9.17) is 4.74 Å². The van der Waals surface area contributed by atoms with Crippen LogP contribution in [0.3, 0.4) is 0 Å². The van der Waals surface area contributed by atoms with Crippen LogP contribution in [0.15, 0.2) is 17.5 Å². The summed E-state index contributed by atoms with van der Waals surface area (Å²) in [7, 11) is 4.19. The molecule has 1 saturated heterocycles. The van der Waals surface area contributed by atoms with Gasteiger partial charge >= 0.3 is 0 Å². The zero-order chi connectivity index (χ0) is 15.1. The van der Waals surface area contributed by atoms with E-state index in [0.717, 1.165) is 45.6 Å². The monoisotopic (exact) mass is 310 g/mol. The lowest BCUT2D eigenvalue weighted by atomic mass is 9.79. The molecule has 1 aliphatic rings. The number of nitrogens with one attached hydrogen (secondary N) is 1. The number of carbonyl (C=O) groups is 1. The summed E-state index contributed by atoms with van der Waals surface area (Å²) in [5.41, 5.74) is 0.167. The van der Waals surface area contributed by atoms with Gasteiger partial charge in [-0.1, -0.05) is 6.07 Å². The summed E-state index contributed by atoms with van der Waals surface area (Å²) in [6, 6.07) is 4.12. The highest BCUT2D eigenvalue weighted by molar-refractivity contribution is 7.09. The van der Waals surface area contributed by atoms with Gasteiger partial charge in [-0.15, -0.1) is 11.3 Å². The van der Waals surface area contributed by atoms with Crippen molar-refractivity contribution in [2.24, 2.45) is 5.41 Å².